The molecular formula is C19H25F2N3O2. The lowest BCUT2D eigenvalue weighted by atomic mass is 9.89. The molecule has 3 heterocycles. The fraction of sp³-hybridized carbons (Fsp3) is 0.632. The summed E-state index contributed by atoms with van der Waals surface area (Å²) in [6.45, 7) is 4.94. The zero-order valence-electron chi connectivity index (χ0n) is 14.8. The number of carbonyl (C=O) groups is 1. The smallest absolute Gasteiger partial charge is 0.234 e. The molecule has 4 rings (SSSR count). The van der Waals surface area contributed by atoms with Gasteiger partial charge in [-0.3, -0.25) is 14.6 Å². The third-order valence-electron chi connectivity index (χ3n) is 6.01. The van der Waals surface area contributed by atoms with Gasteiger partial charge < -0.3 is 10.1 Å². The quantitative estimate of drug-likeness (QED) is 0.882. The second kappa shape index (κ2) is 7.21. The lowest BCUT2D eigenvalue weighted by Gasteiger charge is -2.49. The van der Waals surface area contributed by atoms with Crippen LogP contribution in [-0.4, -0.2) is 66.7 Å². The number of hydrogen-bond acceptors (Lipinski definition) is 4. The van der Waals surface area contributed by atoms with Crippen molar-refractivity contribution in [2.45, 2.75) is 37.4 Å². The topological polar surface area (TPSA) is 44.8 Å². The fourth-order valence-electron chi connectivity index (χ4n) is 4.51. The maximum atomic E-state index is 13.4. The first-order valence-electron chi connectivity index (χ1n) is 9.33. The third kappa shape index (κ3) is 3.48. The number of benzene rings is 1. The van der Waals surface area contributed by atoms with Gasteiger partial charge in [-0.05, 0) is 50.0 Å². The van der Waals surface area contributed by atoms with E-state index in [2.05, 4.69) is 15.1 Å². The minimum absolute atomic E-state index is 0.0547. The Hall–Kier alpha value is -1.57. The van der Waals surface area contributed by atoms with Crippen LogP contribution in [0.3, 0.4) is 0 Å². The van der Waals surface area contributed by atoms with Gasteiger partial charge in [-0.25, -0.2) is 8.78 Å². The van der Waals surface area contributed by atoms with Gasteiger partial charge in [0.15, 0.2) is 11.6 Å². The van der Waals surface area contributed by atoms with Crippen molar-refractivity contribution >= 4 is 5.91 Å². The summed E-state index contributed by atoms with van der Waals surface area (Å²) in [4.78, 5) is 16.6. The van der Waals surface area contributed by atoms with E-state index in [9.17, 15) is 13.6 Å². The maximum absolute atomic E-state index is 13.4. The molecule has 0 bridgehead atoms. The van der Waals surface area contributed by atoms with Gasteiger partial charge in [0.2, 0.25) is 5.91 Å². The van der Waals surface area contributed by atoms with Crippen LogP contribution in [0.2, 0.25) is 0 Å². The number of carbonyl (C=O) groups excluding carboxylic acids is 1. The van der Waals surface area contributed by atoms with E-state index in [4.69, 9.17) is 4.74 Å². The molecular weight excluding hydrogens is 340 g/mol. The summed E-state index contributed by atoms with van der Waals surface area (Å²) in [5, 5.41) is 3.00. The van der Waals surface area contributed by atoms with Crippen molar-refractivity contribution in [2.75, 3.05) is 39.4 Å². The number of piperidine rings is 1. The van der Waals surface area contributed by atoms with Crippen LogP contribution in [0.4, 0.5) is 8.78 Å². The Labute approximate surface area is 152 Å². The number of amides is 1. The molecule has 1 aromatic carbocycles. The van der Waals surface area contributed by atoms with Crippen LogP contribution in [0.15, 0.2) is 18.2 Å². The molecule has 5 nitrogen and oxygen atoms in total. The molecule has 1 spiro atoms. The number of hydrogen-bond donors (Lipinski definition) is 1. The maximum Gasteiger partial charge on any atom is 0.234 e. The van der Waals surface area contributed by atoms with Gasteiger partial charge in [0.25, 0.3) is 0 Å². The highest BCUT2D eigenvalue weighted by molar-refractivity contribution is 5.79. The van der Waals surface area contributed by atoms with Crippen LogP contribution >= 0.6 is 0 Å². The summed E-state index contributed by atoms with van der Waals surface area (Å²) in [5.41, 5.74) is 0.737. The molecule has 1 amide bonds. The van der Waals surface area contributed by atoms with Crippen LogP contribution in [0.25, 0.3) is 0 Å². The molecule has 26 heavy (non-hydrogen) atoms. The van der Waals surface area contributed by atoms with E-state index in [0.717, 1.165) is 44.5 Å². The molecule has 0 saturated carbocycles. The van der Waals surface area contributed by atoms with E-state index in [1.54, 1.807) is 6.07 Å². The van der Waals surface area contributed by atoms with Gasteiger partial charge in [-0.15, -0.1) is 0 Å². The molecule has 142 valence electrons. The van der Waals surface area contributed by atoms with Gasteiger partial charge in [0, 0.05) is 25.7 Å². The molecule has 1 atom stereocenters. The van der Waals surface area contributed by atoms with Crippen molar-refractivity contribution in [1.82, 2.24) is 15.1 Å². The fourth-order valence-corrected chi connectivity index (χ4v) is 4.51. The van der Waals surface area contributed by atoms with Gasteiger partial charge >= 0.3 is 0 Å². The first-order valence-corrected chi connectivity index (χ1v) is 9.33. The molecule has 0 aliphatic carbocycles. The first kappa shape index (κ1) is 17.8. The SMILES string of the molecule is O=C1CN(C2CCN(Cc3ccc(F)c(F)c3)CC2)C2(CCOC2)CN1. The Balaban J connectivity index is 1.37. The van der Waals surface area contributed by atoms with Crippen LogP contribution in [0.1, 0.15) is 24.8 Å². The zero-order chi connectivity index (χ0) is 18.1. The molecule has 3 fully saturated rings. The van der Waals surface area contributed by atoms with E-state index in [0.29, 0.717) is 32.3 Å². The monoisotopic (exact) mass is 365 g/mol. The summed E-state index contributed by atoms with van der Waals surface area (Å²) in [5.74, 6) is -1.51. The van der Waals surface area contributed by atoms with Crippen molar-refractivity contribution in [1.29, 1.82) is 0 Å². The van der Waals surface area contributed by atoms with Crippen LogP contribution in [0, 0.1) is 11.6 Å². The number of halogens is 2. The summed E-state index contributed by atoms with van der Waals surface area (Å²) >= 11 is 0. The Morgan fingerprint density at radius 3 is 2.73 bits per heavy atom. The van der Waals surface area contributed by atoms with Gasteiger partial charge in [-0.2, -0.15) is 0 Å². The number of nitrogens with zero attached hydrogens (tertiary/aromatic N) is 2. The largest absolute Gasteiger partial charge is 0.379 e. The molecule has 7 heteroatoms. The Morgan fingerprint density at radius 1 is 1.23 bits per heavy atom. The number of likely N-dealkylation sites (tertiary alicyclic amines) is 1. The Morgan fingerprint density at radius 2 is 2.04 bits per heavy atom. The molecule has 0 radical (unpaired) electrons. The normalized spacial score (nSPS) is 28.6. The summed E-state index contributed by atoms with van der Waals surface area (Å²) in [6.07, 6.45) is 2.90. The number of rotatable bonds is 3. The number of nitrogens with one attached hydrogen (secondary N) is 1. The molecule has 3 aliphatic heterocycles. The predicted octanol–water partition coefficient (Wildman–Crippen LogP) is 1.52. The molecule has 1 unspecified atom stereocenters. The minimum atomic E-state index is -0.806. The lowest BCUT2D eigenvalue weighted by molar-refractivity contribution is -0.131. The average molecular weight is 365 g/mol. The standard InChI is InChI=1S/C19H25F2N3O2/c20-16-2-1-14(9-17(16)21)10-23-6-3-15(4-7-23)24-11-18(25)22-12-19(24)5-8-26-13-19/h1-2,9,15H,3-8,10-13H2,(H,22,25). The van der Waals surface area contributed by atoms with Crippen LogP contribution < -0.4 is 5.32 Å². The average Bonchev–Trinajstić information content (AvgIpc) is 3.11. The lowest BCUT2D eigenvalue weighted by Crippen LogP contribution is -2.67. The van der Waals surface area contributed by atoms with Crippen molar-refractivity contribution in [2.24, 2.45) is 0 Å². The summed E-state index contributed by atoms with van der Waals surface area (Å²) in [7, 11) is 0. The minimum Gasteiger partial charge on any atom is -0.379 e. The van der Waals surface area contributed by atoms with E-state index < -0.39 is 11.6 Å². The molecule has 3 saturated heterocycles. The van der Waals surface area contributed by atoms with Crippen molar-refractivity contribution in [3.05, 3.63) is 35.4 Å². The van der Waals surface area contributed by atoms with Gasteiger partial charge in [-0.1, -0.05) is 6.07 Å². The Bertz CT molecular complexity index is 671. The predicted molar refractivity (Wildman–Crippen MR) is 92.5 cm³/mol. The van der Waals surface area contributed by atoms with Gasteiger partial charge in [0.05, 0.1) is 18.7 Å². The van der Waals surface area contributed by atoms with Crippen LogP contribution in [0.5, 0.6) is 0 Å². The zero-order valence-corrected chi connectivity index (χ0v) is 14.8. The van der Waals surface area contributed by atoms with Crippen molar-refractivity contribution < 1.29 is 18.3 Å². The molecule has 1 aromatic rings. The summed E-state index contributed by atoms with van der Waals surface area (Å²) < 4.78 is 32.1. The van der Waals surface area contributed by atoms with E-state index >= 15 is 0 Å². The van der Waals surface area contributed by atoms with E-state index in [-0.39, 0.29) is 11.4 Å². The van der Waals surface area contributed by atoms with E-state index in [1.807, 2.05) is 0 Å². The molecule has 3 aliphatic rings. The van der Waals surface area contributed by atoms with Crippen LogP contribution in [-0.2, 0) is 16.1 Å². The third-order valence-corrected chi connectivity index (χ3v) is 6.01. The Kier molecular flexibility index (Phi) is 4.94. The van der Waals surface area contributed by atoms with E-state index in [1.165, 1.54) is 12.1 Å². The van der Waals surface area contributed by atoms with Gasteiger partial charge in [0.1, 0.15) is 0 Å². The first-order chi connectivity index (χ1) is 12.6. The number of ether oxygens (including phenoxy) is 1. The second-order valence-electron chi connectivity index (χ2n) is 7.69. The van der Waals surface area contributed by atoms with Crippen molar-refractivity contribution in [3.63, 3.8) is 0 Å². The van der Waals surface area contributed by atoms with Crippen molar-refractivity contribution in [3.8, 4) is 0 Å². The second-order valence-corrected chi connectivity index (χ2v) is 7.69. The highest BCUT2D eigenvalue weighted by Crippen LogP contribution is 2.33. The number of piperazine rings is 1. The highest BCUT2D eigenvalue weighted by Gasteiger charge is 2.47. The summed E-state index contributed by atoms with van der Waals surface area (Å²) in [6, 6.07) is 4.48. The molecule has 0 aromatic heterocycles. The highest BCUT2D eigenvalue weighted by atomic mass is 19.2. The molecule has 1 N–H and O–H groups in total.